The van der Waals surface area contributed by atoms with Crippen molar-refractivity contribution in [1.29, 1.82) is 0 Å². The number of aliphatic hydroxyl groups excluding tert-OH is 1. The van der Waals surface area contributed by atoms with Gasteiger partial charge >= 0.3 is 0 Å². The Morgan fingerprint density at radius 1 is 1.38 bits per heavy atom. The number of halogens is 2. The van der Waals surface area contributed by atoms with Crippen LogP contribution < -0.4 is 5.32 Å². The van der Waals surface area contributed by atoms with E-state index in [9.17, 15) is 13.6 Å². The summed E-state index contributed by atoms with van der Waals surface area (Å²) in [5, 5.41) is 11.6. The summed E-state index contributed by atoms with van der Waals surface area (Å²) >= 11 is 0.373. The van der Waals surface area contributed by atoms with Crippen LogP contribution in [-0.2, 0) is 0 Å². The van der Waals surface area contributed by atoms with Crippen LogP contribution in [0.1, 0.15) is 37.0 Å². The Kier molecular flexibility index (Phi) is 7.11. The van der Waals surface area contributed by atoms with E-state index in [2.05, 4.69) is 5.32 Å². The quantitative estimate of drug-likeness (QED) is 0.721. The monoisotopic (exact) mass is 317 g/mol. The molecule has 118 valence electrons. The number of nitrogens with one attached hydrogen (secondary N) is 1. The van der Waals surface area contributed by atoms with Crippen molar-refractivity contribution in [3.8, 4) is 0 Å². The molecule has 0 aliphatic carbocycles. The highest BCUT2D eigenvalue weighted by Crippen LogP contribution is 2.28. The molecular weight excluding hydrogens is 296 g/mol. The molecular formula is C15H21F2NO2S. The number of alkyl halides is 2. The smallest absolute Gasteiger partial charge is 0.288 e. The highest BCUT2D eigenvalue weighted by atomic mass is 32.2. The number of hydrogen-bond donors (Lipinski definition) is 2. The van der Waals surface area contributed by atoms with Gasteiger partial charge in [-0.25, -0.2) is 0 Å². The topological polar surface area (TPSA) is 49.3 Å². The molecule has 21 heavy (non-hydrogen) atoms. The van der Waals surface area contributed by atoms with Gasteiger partial charge in [0.15, 0.2) is 0 Å². The van der Waals surface area contributed by atoms with Crippen molar-refractivity contribution in [3.63, 3.8) is 0 Å². The molecule has 2 N–H and O–H groups in total. The van der Waals surface area contributed by atoms with Crippen LogP contribution in [0.2, 0.25) is 0 Å². The van der Waals surface area contributed by atoms with Gasteiger partial charge in [0.05, 0.1) is 5.56 Å². The van der Waals surface area contributed by atoms with Crippen molar-refractivity contribution >= 4 is 17.7 Å². The van der Waals surface area contributed by atoms with Gasteiger partial charge in [-0.15, -0.1) is 0 Å². The van der Waals surface area contributed by atoms with Crippen LogP contribution in [0.4, 0.5) is 8.78 Å². The van der Waals surface area contributed by atoms with E-state index in [4.69, 9.17) is 5.11 Å². The van der Waals surface area contributed by atoms with E-state index in [1.54, 1.807) is 18.2 Å². The molecule has 0 saturated carbocycles. The molecule has 0 spiro atoms. The standard InChI is InChI=1S/C15H21F2NO2S/c1-15(2,8-5-9-19)10-18-13(20)11-6-3-4-7-12(11)21-14(16)17/h3-4,6-7,14,19H,5,8-10H2,1-2H3,(H,18,20). The van der Waals surface area contributed by atoms with Gasteiger partial charge in [0.2, 0.25) is 0 Å². The second kappa shape index (κ2) is 8.34. The van der Waals surface area contributed by atoms with E-state index in [-0.39, 0.29) is 28.4 Å². The molecule has 0 heterocycles. The van der Waals surface area contributed by atoms with Crippen molar-refractivity contribution in [2.24, 2.45) is 5.41 Å². The molecule has 1 aromatic rings. The van der Waals surface area contributed by atoms with Crippen molar-refractivity contribution < 1.29 is 18.7 Å². The fraction of sp³-hybridized carbons (Fsp3) is 0.533. The molecule has 6 heteroatoms. The zero-order valence-corrected chi connectivity index (χ0v) is 13.1. The van der Waals surface area contributed by atoms with Crippen LogP contribution >= 0.6 is 11.8 Å². The summed E-state index contributed by atoms with van der Waals surface area (Å²) in [6.07, 6.45) is 1.44. The molecule has 0 bridgehead atoms. The summed E-state index contributed by atoms with van der Waals surface area (Å²) in [6, 6.07) is 6.34. The van der Waals surface area contributed by atoms with E-state index in [1.165, 1.54) is 6.07 Å². The van der Waals surface area contributed by atoms with Gasteiger partial charge in [-0.3, -0.25) is 4.79 Å². The number of benzene rings is 1. The Balaban J connectivity index is 2.67. The average Bonchev–Trinajstić information content (AvgIpc) is 2.43. The fourth-order valence-electron chi connectivity index (χ4n) is 1.91. The third-order valence-electron chi connectivity index (χ3n) is 3.09. The molecule has 3 nitrogen and oxygen atoms in total. The highest BCUT2D eigenvalue weighted by Gasteiger charge is 2.20. The molecule has 0 saturated heterocycles. The average molecular weight is 317 g/mol. The lowest BCUT2D eigenvalue weighted by molar-refractivity contribution is 0.0930. The summed E-state index contributed by atoms with van der Waals surface area (Å²) in [5.41, 5.74) is 0.115. The molecule has 0 aliphatic rings. The number of carbonyl (C=O) groups is 1. The summed E-state index contributed by atoms with van der Waals surface area (Å²) in [5.74, 6) is -2.91. The van der Waals surface area contributed by atoms with Gasteiger partial charge in [0.25, 0.3) is 11.7 Å². The van der Waals surface area contributed by atoms with Gasteiger partial charge in [0, 0.05) is 18.0 Å². The molecule has 1 amide bonds. The molecule has 1 rings (SSSR count). The first-order valence-electron chi connectivity index (χ1n) is 6.78. The fourth-order valence-corrected chi connectivity index (χ4v) is 2.55. The molecule has 1 aromatic carbocycles. The minimum absolute atomic E-state index is 0.116. The molecule has 0 atom stereocenters. The Morgan fingerprint density at radius 2 is 2.05 bits per heavy atom. The Hall–Kier alpha value is -1.14. The number of aliphatic hydroxyl groups is 1. The minimum atomic E-state index is -2.56. The lowest BCUT2D eigenvalue weighted by Gasteiger charge is -2.24. The van der Waals surface area contributed by atoms with Crippen LogP contribution in [0.5, 0.6) is 0 Å². The minimum Gasteiger partial charge on any atom is -0.396 e. The van der Waals surface area contributed by atoms with Crippen molar-refractivity contribution in [3.05, 3.63) is 29.8 Å². The van der Waals surface area contributed by atoms with Crippen molar-refractivity contribution in [2.45, 2.75) is 37.3 Å². The SMILES string of the molecule is CC(C)(CCCO)CNC(=O)c1ccccc1SC(F)F. The second-order valence-electron chi connectivity index (χ2n) is 5.55. The third-order valence-corrected chi connectivity index (χ3v) is 3.88. The number of hydrogen-bond acceptors (Lipinski definition) is 3. The van der Waals surface area contributed by atoms with Crippen LogP contribution in [0, 0.1) is 5.41 Å². The maximum atomic E-state index is 12.5. The first-order valence-corrected chi connectivity index (χ1v) is 7.66. The summed E-state index contributed by atoms with van der Waals surface area (Å²) in [7, 11) is 0. The maximum absolute atomic E-state index is 12.5. The van der Waals surface area contributed by atoms with Crippen molar-refractivity contribution in [2.75, 3.05) is 13.2 Å². The van der Waals surface area contributed by atoms with E-state index in [0.717, 1.165) is 6.42 Å². The molecule has 0 radical (unpaired) electrons. The number of amides is 1. The van der Waals surface area contributed by atoms with E-state index < -0.39 is 5.76 Å². The molecule has 0 aliphatic heterocycles. The Morgan fingerprint density at radius 3 is 2.67 bits per heavy atom. The van der Waals surface area contributed by atoms with Gasteiger partial charge in [-0.05, 0) is 30.4 Å². The van der Waals surface area contributed by atoms with E-state index >= 15 is 0 Å². The van der Waals surface area contributed by atoms with Crippen LogP contribution in [0.3, 0.4) is 0 Å². The zero-order valence-electron chi connectivity index (χ0n) is 12.2. The van der Waals surface area contributed by atoms with Gasteiger partial charge < -0.3 is 10.4 Å². The summed E-state index contributed by atoms with van der Waals surface area (Å²) in [6.45, 7) is 4.52. The van der Waals surface area contributed by atoms with Crippen molar-refractivity contribution in [1.82, 2.24) is 5.32 Å². The lowest BCUT2D eigenvalue weighted by Crippen LogP contribution is -2.34. The Labute approximate surface area is 128 Å². The molecule has 0 aromatic heterocycles. The van der Waals surface area contributed by atoms with Crippen LogP contribution in [-0.4, -0.2) is 29.9 Å². The Bertz CT molecular complexity index is 467. The van der Waals surface area contributed by atoms with E-state index in [0.29, 0.717) is 24.7 Å². The summed E-state index contributed by atoms with van der Waals surface area (Å²) < 4.78 is 25.0. The lowest BCUT2D eigenvalue weighted by atomic mass is 9.88. The van der Waals surface area contributed by atoms with Gasteiger partial charge in [-0.1, -0.05) is 37.7 Å². The zero-order chi connectivity index (χ0) is 15.9. The third kappa shape index (κ3) is 6.44. The van der Waals surface area contributed by atoms with Gasteiger partial charge in [-0.2, -0.15) is 8.78 Å². The highest BCUT2D eigenvalue weighted by molar-refractivity contribution is 7.99. The van der Waals surface area contributed by atoms with Crippen LogP contribution in [0.15, 0.2) is 29.2 Å². The number of thioether (sulfide) groups is 1. The predicted molar refractivity (Wildman–Crippen MR) is 80.7 cm³/mol. The van der Waals surface area contributed by atoms with Crippen LogP contribution in [0.25, 0.3) is 0 Å². The largest absolute Gasteiger partial charge is 0.396 e. The second-order valence-corrected chi connectivity index (χ2v) is 6.58. The predicted octanol–water partition coefficient (Wildman–Crippen LogP) is 3.53. The first kappa shape index (κ1) is 17.9. The number of carbonyl (C=O) groups excluding carboxylic acids is 1. The normalized spacial score (nSPS) is 11.7. The molecule has 0 fully saturated rings. The maximum Gasteiger partial charge on any atom is 0.288 e. The number of rotatable bonds is 8. The first-order chi connectivity index (χ1) is 9.85. The molecule has 0 unspecified atom stereocenters. The summed E-state index contributed by atoms with van der Waals surface area (Å²) in [4.78, 5) is 12.4. The van der Waals surface area contributed by atoms with Gasteiger partial charge in [0.1, 0.15) is 0 Å². The van der Waals surface area contributed by atoms with E-state index in [1.807, 2.05) is 13.8 Å².